The van der Waals surface area contributed by atoms with Crippen LogP contribution >= 0.6 is 0 Å². The van der Waals surface area contributed by atoms with Crippen LogP contribution in [0.3, 0.4) is 0 Å². The molecule has 0 saturated heterocycles. The molecular formula is C12H19NO2. The molecule has 1 atom stereocenters. The number of benzene rings is 1. The van der Waals surface area contributed by atoms with Crippen molar-refractivity contribution in [2.45, 2.75) is 26.0 Å². The molecule has 1 rings (SSSR count). The smallest absolute Gasteiger partial charge is 0.0895 e. The summed E-state index contributed by atoms with van der Waals surface area (Å²) in [5, 5.41) is 20.9. The Kier molecular flexibility index (Phi) is 5.32. The molecule has 0 radical (unpaired) electrons. The van der Waals surface area contributed by atoms with Gasteiger partial charge >= 0.3 is 0 Å². The van der Waals surface area contributed by atoms with Crippen LogP contribution in [0, 0.1) is 0 Å². The molecular weight excluding hydrogens is 190 g/mol. The zero-order valence-corrected chi connectivity index (χ0v) is 9.11. The molecule has 0 aliphatic carbocycles. The van der Waals surface area contributed by atoms with E-state index in [1.54, 1.807) is 0 Å². The van der Waals surface area contributed by atoms with E-state index < -0.39 is 6.10 Å². The molecule has 0 bridgehead atoms. The fourth-order valence-electron chi connectivity index (χ4n) is 1.51. The zero-order valence-electron chi connectivity index (χ0n) is 9.11. The van der Waals surface area contributed by atoms with Crippen LogP contribution in [0.1, 0.15) is 18.1 Å². The first kappa shape index (κ1) is 12.2. The summed E-state index contributed by atoms with van der Waals surface area (Å²) < 4.78 is 0. The van der Waals surface area contributed by atoms with Gasteiger partial charge in [-0.3, -0.25) is 0 Å². The zero-order chi connectivity index (χ0) is 11.1. The van der Waals surface area contributed by atoms with Crippen molar-refractivity contribution in [3.8, 4) is 0 Å². The lowest BCUT2D eigenvalue weighted by molar-refractivity contribution is 0.0942. The van der Waals surface area contributed by atoms with Crippen molar-refractivity contribution in [2.24, 2.45) is 0 Å². The summed E-state index contributed by atoms with van der Waals surface area (Å²) in [5.41, 5.74) is 2.58. The van der Waals surface area contributed by atoms with Crippen molar-refractivity contribution >= 4 is 0 Å². The van der Waals surface area contributed by atoms with Gasteiger partial charge in [0, 0.05) is 13.1 Å². The van der Waals surface area contributed by atoms with Crippen LogP contribution in [0.4, 0.5) is 0 Å². The maximum Gasteiger partial charge on any atom is 0.0895 e. The molecule has 15 heavy (non-hydrogen) atoms. The average Bonchev–Trinajstić information content (AvgIpc) is 2.29. The van der Waals surface area contributed by atoms with Gasteiger partial charge in [0.25, 0.3) is 0 Å². The van der Waals surface area contributed by atoms with Gasteiger partial charge in [0.1, 0.15) is 0 Å². The normalized spacial score (nSPS) is 12.7. The van der Waals surface area contributed by atoms with Crippen LogP contribution < -0.4 is 5.32 Å². The van der Waals surface area contributed by atoms with Crippen LogP contribution in [-0.4, -0.2) is 29.5 Å². The van der Waals surface area contributed by atoms with Crippen LogP contribution in [0.5, 0.6) is 0 Å². The maximum absolute atomic E-state index is 9.15. The Balaban J connectivity index is 2.43. The first-order chi connectivity index (χ1) is 7.27. The second-order valence-electron chi connectivity index (χ2n) is 3.59. The van der Waals surface area contributed by atoms with E-state index in [1.807, 2.05) is 12.1 Å². The van der Waals surface area contributed by atoms with Crippen molar-refractivity contribution in [3.05, 3.63) is 35.4 Å². The molecule has 3 heteroatoms. The van der Waals surface area contributed by atoms with E-state index in [1.165, 1.54) is 11.1 Å². The largest absolute Gasteiger partial charge is 0.394 e. The van der Waals surface area contributed by atoms with Crippen LogP contribution in [0.2, 0.25) is 0 Å². The van der Waals surface area contributed by atoms with Crippen molar-refractivity contribution in [1.82, 2.24) is 5.32 Å². The number of aliphatic hydroxyl groups is 2. The first-order valence-corrected chi connectivity index (χ1v) is 5.34. The first-order valence-electron chi connectivity index (χ1n) is 5.34. The predicted octanol–water partition coefficient (Wildman–Crippen LogP) is 0.692. The summed E-state index contributed by atoms with van der Waals surface area (Å²) >= 11 is 0. The van der Waals surface area contributed by atoms with Crippen LogP contribution in [0.15, 0.2) is 24.3 Å². The summed E-state index contributed by atoms with van der Waals surface area (Å²) in [5.74, 6) is 0. The Labute approximate surface area is 90.8 Å². The number of rotatable bonds is 6. The molecule has 0 aliphatic rings. The van der Waals surface area contributed by atoms with E-state index in [0.29, 0.717) is 6.54 Å². The van der Waals surface area contributed by atoms with E-state index in [9.17, 15) is 0 Å². The molecule has 1 aromatic carbocycles. The lowest BCUT2D eigenvalue weighted by atomic mass is 10.1. The number of hydrogen-bond donors (Lipinski definition) is 3. The predicted molar refractivity (Wildman–Crippen MR) is 60.6 cm³/mol. The maximum atomic E-state index is 9.15. The molecule has 0 fully saturated rings. The lowest BCUT2D eigenvalue weighted by Gasteiger charge is -2.11. The minimum atomic E-state index is -0.668. The highest BCUT2D eigenvalue weighted by molar-refractivity contribution is 5.26. The summed E-state index contributed by atoms with van der Waals surface area (Å²) in [4.78, 5) is 0. The number of nitrogens with one attached hydrogen (secondary N) is 1. The highest BCUT2D eigenvalue weighted by atomic mass is 16.3. The monoisotopic (exact) mass is 209 g/mol. The summed E-state index contributed by atoms with van der Waals surface area (Å²) in [6, 6.07) is 8.24. The van der Waals surface area contributed by atoms with E-state index in [-0.39, 0.29) is 6.61 Å². The van der Waals surface area contributed by atoms with Crippen molar-refractivity contribution in [1.29, 1.82) is 0 Å². The minimum Gasteiger partial charge on any atom is -0.394 e. The van der Waals surface area contributed by atoms with E-state index in [0.717, 1.165) is 13.0 Å². The molecule has 0 aliphatic heterocycles. The van der Waals surface area contributed by atoms with E-state index in [2.05, 4.69) is 24.4 Å². The van der Waals surface area contributed by atoms with E-state index in [4.69, 9.17) is 10.2 Å². The topological polar surface area (TPSA) is 52.5 Å². The number of aryl methyl sites for hydroxylation is 1. The number of hydrogen-bond acceptors (Lipinski definition) is 3. The third-order valence-corrected chi connectivity index (χ3v) is 2.41. The molecule has 0 spiro atoms. The summed E-state index contributed by atoms with van der Waals surface area (Å²) in [6.07, 6.45) is 0.347. The Morgan fingerprint density at radius 3 is 2.53 bits per heavy atom. The molecule has 0 saturated carbocycles. The van der Waals surface area contributed by atoms with Crippen molar-refractivity contribution in [2.75, 3.05) is 13.2 Å². The molecule has 0 amide bonds. The number of aliphatic hydroxyl groups excluding tert-OH is 2. The molecule has 84 valence electrons. The van der Waals surface area contributed by atoms with Gasteiger partial charge in [-0.2, -0.15) is 0 Å². The van der Waals surface area contributed by atoms with Crippen molar-refractivity contribution in [3.63, 3.8) is 0 Å². The Morgan fingerprint density at radius 2 is 1.93 bits per heavy atom. The van der Waals surface area contributed by atoms with Crippen molar-refractivity contribution < 1.29 is 10.2 Å². The third-order valence-electron chi connectivity index (χ3n) is 2.41. The standard InChI is InChI=1S/C12H19NO2/c1-2-10-5-3-4-6-11(10)7-13-8-12(15)9-14/h3-6,12-15H,2,7-9H2,1H3. The quantitative estimate of drug-likeness (QED) is 0.646. The fourth-order valence-corrected chi connectivity index (χ4v) is 1.51. The van der Waals surface area contributed by atoms with Gasteiger partial charge in [-0.15, -0.1) is 0 Å². The molecule has 0 heterocycles. The Bertz CT molecular complexity index is 289. The van der Waals surface area contributed by atoms with Gasteiger partial charge in [-0.25, -0.2) is 0 Å². The highest BCUT2D eigenvalue weighted by Crippen LogP contribution is 2.08. The second-order valence-corrected chi connectivity index (χ2v) is 3.59. The SMILES string of the molecule is CCc1ccccc1CNCC(O)CO. The van der Waals surface area contributed by atoms with Crippen LogP contribution in [0.25, 0.3) is 0 Å². The second kappa shape index (κ2) is 6.56. The average molecular weight is 209 g/mol. The van der Waals surface area contributed by atoms with Gasteiger partial charge < -0.3 is 15.5 Å². The Hall–Kier alpha value is -0.900. The lowest BCUT2D eigenvalue weighted by Crippen LogP contribution is -2.29. The fraction of sp³-hybridized carbons (Fsp3) is 0.500. The van der Waals surface area contributed by atoms with Gasteiger partial charge in [0.05, 0.1) is 12.7 Å². The Morgan fingerprint density at radius 1 is 1.27 bits per heavy atom. The van der Waals surface area contributed by atoms with Gasteiger partial charge in [-0.05, 0) is 17.5 Å². The molecule has 1 aromatic rings. The van der Waals surface area contributed by atoms with Gasteiger partial charge in [0.15, 0.2) is 0 Å². The van der Waals surface area contributed by atoms with Crippen LogP contribution in [-0.2, 0) is 13.0 Å². The summed E-state index contributed by atoms with van der Waals surface area (Å²) in [7, 11) is 0. The summed E-state index contributed by atoms with van der Waals surface area (Å²) in [6.45, 7) is 3.10. The molecule has 1 unspecified atom stereocenters. The van der Waals surface area contributed by atoms with Gasteiger partial charge in [-0.1, -0.05) is 31.2 Å². The minimum absolute atomic E-state index is 0.192. The molecule has 0 aromatic heterocycles. The van der Waals surface area contributed by atoms with E-state index >= 15 is 0 Å². The van der Waals surface area contributed by atoms with Gasteiger partial charge in [0.2, 0.25) is 0 Å². The molecule has 3 nitrogen and oxygen atoms in total. The molecule has 3 N–H and O–H groups in total. The third kappa shape index (κ3) is 4.00. The highest BCUT2D eigenvalue weighted by Gasteiger charge is 2.02.